The maximum atomic E-state index is 12.0. The lowest BCUT2D eigenvalue weighted by Crippen LogP contribution is -2.39. The molecule has 0 aliphatic rings. The summed E-state index contributed by atoms with van der Waals surface area (Å²) in [6.07, 6.45) is 0. The number of amides is 2. The lowest BCUT2D eigenvalue weighted by Gasteiger charge is -2.13. The second-order valence-corrected chi connectivity index (χ2v) is 5.37. The van der Waals surface area contributed by atoms with E-state index in [1.54, 1.807) is 6.07 Å². The topological polar surface area (TPSA) is 87.5 Å². The van der Waals surface area contributed by atoms with Crippen LogP contribution >= 0.6 is 0 Å². The van der Waals surface area contributed by atoms with E-state index in [1.807, 2.05) is 44.3 Å². The maximum Gasteiger partial charge on any atom is 0.273 e. The molecule has 2 rings (SSSR count). The van der Waals surface area contributed by atoms with Gasteiger partial charge in [0.2, 0.25) is 5.91 Å². The molecular formula is C17H22N4O3. The van der Waals surface area contributed by atoms with Crippen LogP contribution in [0.4, 0.5) is 0 Å². The summed E-state index contributed by atoms with van der Waals surface area (Å²) in [5.74, 6) is -0.172. The van der Waals surface area contributed by atoms with Crippen LogP contribution in [0.3, 0.4) is 0 Å². The molecule has 0 fully saturated rings. The number of aromatic nitrogens is 1. The fraction of sp³-hybridized carbons (Fsp3) is 0.353. The van der Waals surface area contributed by atoms with Gasteiger partial charge in [0.15, 0.2) is 11.5 Å². The zero-order chi connectivity index (χ0) is 17.4. The summed E-state index contributed by atoms with van der Waals surface area (Å²) in [7, 11) is 1.98. The second kappa shape index (κ2) is 8.83. The number of nitrogens with zero attached hydrogens (tertiary/aromatic N) is 2. The van der Waals surface area contributed by atoms with Gasteiger partial charge < -0.3 is 20.1 Å². The van der Waals surface area contributed by atoms with Crippen molar-refractivity contribution in [3.63, 3.8) is 0 Å². The number of rotatable bonds is 8. The molecule has 1 aromatic carbocycles. The minimum atomic E-state index is -0.443. The zero-order valence-corrected chi connectivity index (χ0v) is 13.9. The first-order chi connectivity index (χ1) is 11.6. The van der Waals surface area contributed by atoms with Gasteiger partial charge in [-0.2, -0.15) is 0 Å². The molecule has 0 aliphatic heterocycles. The molecule has 1 aromatic heterocycles. The zero-order valence-electron chi connectivity index (χ0n) is 13.9. The molecule has 128 valence electrons. The van der Waals surface area contributed by atoms with Crippen LogP contribution in [0.5, 0.6) is 0 Å². The highest BCUT2D eigenvalue weighted by Crippen LogP contribution is 2.19. The summed E-state index contributed by atoms with van der Waals surface area (Å²) in [4.78, 5) is 25.8. The highest BCUT2D eigenvalue weighted by molar-refractivity contribution is 5.95. The van der Waals surface area contributed by atoms with Gasteiger partial charge in [0.1, 0.15) is 0 Å². The van der Waals surface area contributed by atoms with Crippen molar-refractivity contribution in [3.05, 3.63) is 42.1 Å². The number of carbonyl (C=O) groups excluding carboxylic acids is 2. The van der Waals surface area contributed by atoms with Crippen LogP contribution in [0.25, 0.3) is 11.3 Å². The third-order valence-corrected chi connectivity index (χ3v) is 3.57. The Morgan fingerprint density at radius 2 is 1.96 bits per heavy atom. The quantitative estimate of drug-likeness (QED) is 0.758. The van der Waals surface area contributed by atoms with Gasteiger partial charge in [0, 0.05) is 24.7 Å². The first kappa shape index (κ1) is 17.7. The summed E-state index contributed by atoms with van der Waals surface area (Å²) in [6, 6.07) is 10.9. The van der Waals surface area contributed by atoms with Crippen molar-refractivity contribution < 1.29 is 14.1 Å². The molecule has 2 aromatic rings. The summed E-state index contributed by atoms with van der Waals surface area (Å²) >= 11 is 0. The minimum Gasteiger partial charge on any atom is -0.355 e. The molecule has 24 heavy (non-hydrogen) atoms. The fourth-order valence-electron chi connectivity index (χ4n) is 1.98. The predicted octanol–water partition coefficient (Wildman–Crippen LogP) is 1.14. The van der Waals surface area contributed by atoms with E-state index in [0.717, 1.165) is 18.7 Å². The number of hydrogen-bond acceptors (Lipinski definition) is 5. The van der Waals surface area contributed by atoms with E-state index in [4.69, 9.17) is 4.52 Å². The molecule has 1 heterocycles. The van der Waals surface area contributed by atoms with Crippen LogP contribution < -0.4 is 10.6 Å². The summed E-state index contributed by atoms with van der Waals surface area (Å²) < 4.78 is 5.17. The van der Waals surface area contributed by atoms with E-state index in [1.165, 1.54) is 0 Å². The van der Waals surface area contributed by atoms with Crippen molar-refractivity contribution in [2.45, 2.75) is 6.92 Å². The normalized spacial score (nSPS) is 10.6. The molecular weight excluding hydrogens is 308 g/mol. The minimum absolute atomic E-state index is 0.0950. The highest BCUT2D eigenvalue weighted by Gasteiger charge is 2.14. The van der Waals surface area contributed by atoms with Gasteiger partial charge in [-0.05, 0) is 13.6 Å². The Balaban J connectivity index is 1.79. The third kappa shape index (κ3) is 5.20. The first-order valence-electron chi connectivity index (χ1n) is 7.85. The average molecular weight is 330 g/mol. The van der Waals surface area contributed by atoms with E-state index in [-0.39, 0.29) is 18.1 Å². The Morgan fingerprint density at radius 3 is 2.67 bits per heavy atom. The Morgan fingerprint density at radius 1 is 1.21 bits per heavy atom. The third-order valence-electron chi connectivity index (χ3n) is 3.57. The summed E-state index contributed by atoms with van der Waals surface area (Å²) in [6.45, 7) is 4.18. The lowest BCUT2D eigenvalue weighted by atomic mass is 10.1. The second-order valence-electron chi connectivity index (χ2n) is 5.37. The number of likely N-dealkylation sites (N-methyl/N-ethyl adjacent to an activating group) is 1. The van der Waals surface area contributed by atoms with Gasteiger partial charge >= 0.3 is 0 Å². The van der Waals surface area contributed by atoms with Crippen LogP contribution in [0, 0.1) is 0 Å². The Kier molecular flexibility index (Phi) is 6.51. The number of benzene rings is 1. The summed E-state index contributed by atoms with van der Waals surface area (Å²) in [5, 5.41) is 9.02. The van der Waals surface area contributed by atoms with Crippen LogP contribution in [0.2, 0.25) is 0 Å². The van der Waals surface area contributed by atoms with E-state index in [0.29, 0.717) is 12.3 Å². The molecule has 0 saturated carbocycles. The predicted molar refractivity (Wildman–Crippen MR) is 90.5 cm³/mol. The van der Waals surface area contributed by atoms with Gasteiger partial charge in [0.25, 0.3) is 5.91 Å². The van der Waals surface area contributed by atoms with Crippen LogP contribution in [0.15, 0.2) is 40.9 Å². The largest absolute Gasteiger partial charge is 0.355 e. The van der Waals surface area contributed by atoms with E-state index >= 15 is 0 Å². The Hall–Kier alpha value is -2.67. The molecule has 0 saturated heterocycles. The van der Waals surface area contributed by atoms with E-state index < -0.39 is 5.91 Å². The first-order valence-corrected chi connectivity index (χ1v) is 7.85. The molecule has 2 N–H and O–H groups in total. The molecule has 0 radical (unpaired) electrons. The van der Waals surface area contributed by atoms with Crippen molar-refractivity contribution in [2.75, 3.05) is 33.2 Å². The maximum absolute atomic E-state index is 12.0. The molecule has 0 bridgehead atoms. The van der Waals surface area contributed by atoms with E-state index in [2.05, 4.69) is 20.7 Å². The van der Waals surface area contributed by atoms with Gasteiger partial charge in [-0.3, -0.25) is 9.59 Å². The smallest absolute Gasteiger partial charge is 0.273 e. The molecule has 7 nitrogen and oxygen atoms in total. The number of carbonyl (C=O) groups is 2. The fourth-order valence-corrected chi connectivity index (χ4v) is 1.98. The van der Waals surface area contributed by atoms with Crippen LogP contribution in [-0.4, -0.2) is 55.1 Å². The molecule has 0 spiro atoms. The van der Waals surface area contributed by atoms with Crippen molar-refractivity contribution in [1.29, 1.82) is 0 Å². The van der Waals surface area contributed by atoms with Crippen molar-refractivity contribution in [2.24, 2.45) is 0 Å². The standard InChI is InChI=1S/C17H22N4O3/c1-3-21(2)10-9-18-16(22)12-19-17(23)14-11-15(24-20-14)13-7-5-4-6-8-13/h4-8,11H,3,9-10,12H2,1-2H3,(H,18,22)(H,19,23). The highest BCUT2D eigenvalue weighted by atomic mass is 16.5. The molecule has 0 aliphatic carbocycles. The van der Waals surface area contributed by atoms with Crippen molar-refractivity contribution in [3.8, 4) is 11.3 Å². The monoisotopic (exact) mass is 330 g/mol. The molecule has 0 atom stereocenters. The van der Waals surface area contributed by atoms with Gasteiger partial charge in [0.05, 0.1) is 6.54 Å². The lowest BCUT2D eigenvalue weighted by molar-refractivity contribution is -0.120. The Bertz CT molecular complexity index is 669. The van der Waals surface area contributed by atoms with Crippen molar-refractivity contribution >= 4 is 11.8 Å². The Labute approximate surface area is 141 Å². The SMILES string of the molecule is CCN(C)CCNC(=O)CNC(=O)c1cc(-c2ccccc2)on1. The van der Waals surface area contributed by atoms with Crippen LogP contribution in [-0.2, 0) is 4.79 Å². The van der Waals surface area contributed by atoms with Gasteiger partial charge in [-0.1, -0.05) is 42.4 Å². The van der Waals surface area contributed by atoms with Gasteiger partial charge in [-0.25, -0.2) is 0 Å². The average Bonchev–Trinajstić information content (AvgIpc) is 3.10. The number of nitrogens with one attached hydrogen (secondary N) is 2. The molecule has 0 unspecified atom stereocenters. The van der Waals surface area contributed by atoms with Crippen molar-refractivity contribution in [1.82, 2.24) is 20.7 Å². The van der Waals surface area contributed by atoms with E-state index in [9.17, 15) is 9.59 Å². The van der Waals surface area contributed by atoms with Crippen LogP contribution in [0.1, 0.15) is 17.4 Å². The molecule has 2 amide bonds. The van der Waals surface area contributed by atoms with Gasteiger partial charge in [-0.15, -0.1) is 0 Å². The number of hydrogen-bond donors (Lipinski definition) is 2. The molecule has 7 heteroatoms. The summed E-state index contributed by atoms with van der Waals surface area (Å²) in [5.41, 5.74) is 0.981.